The van der Waals surface area contributed by atoms with E-state index in [2.05, 4.69) is 34.6 Å². The van der Waals surface area contributed by atoms with E-state index in [9.17, 15) is 4.79 Å². The summed E-state index contributed by atoms with van der Waals surface area (Å²) in [6.45, 7) is 6.71. The van der Waals surface area contributed by atoms with Crippen LogP contribution in [-0.4, -0.2) is 36.5 Å². The lowest BCUT2D eigenvalue weighted by atomic mass is 10.00. The van der Waals surface area contributed by atoms with Crippen molar-refractivity contribution in [2.75, 3.05) is 25.0 Å². The average Bonchev–Trinajstić information content (AvgIpc) is 3.04. The number of hydrogen-bond acceptors (Lipinski definition) is 3. The molecule has 4 nitrogen and oxygen atoms in total. The Balaban J connectivity index is 1.52. The van der Waals surface area contributed by atoms with E-state index in [-0.39, 0.29) is 11.9 Å². The van der Waals surface area contributed by atoms with Crippen LogP contribution in [0.15, 0.2) is 24.3 Å². The Bertz CT molecular complexity index is 494. The molecule has 2 saturated heterocycles. The SMILES string of the molecule is CC1CCCN(Cc2ccc(NC(=O)C3CCCN3)cc2)C1. The summed E-state index contributed by atoms with van der Waals surface area (Å²) in [6.07, 6.45) is 4.70. The molecule has 0 aliphatic carbocycles. The molecule has 2 fully saturated rings. The molecule has 0 spiro atoms. The fourth-order valence-corrected chi connectivity index (χ4v) is 3.52. The maximum Gasteiger partial charge on any atom is 0.241 e. The summed E-state index contributed by atoms with van der Waals surface area (Å²) in [5, 5.41) is 6.23. The topological polar surface area (TPSA) is 44.4 Å². The highest BCUT2D eigenvalue weighted by atomic mass is 16.2. The molecule has 0 radical (unpaired) electrons. The molecule has 120 valence electrons. The largest absolute Gasteiger partial charge is 0.325 e. The van der Waals surface area contributed by atoms with Crippen molar-refractivity contribution in [2.24, 2.45) is 5.92 Å². The van der Waals surface area contributed by atoms with E-state index in [4.69, 9.17) is 0 Å². The third kappa shape index (κ3) is 4.08. The summed E-state index contributed by atoms with van der Waals surface area (Å²) in [5.74, 6) is 0.904. The Labute approximate surface area is 133 Å². The van der Waals surface area contributed by atoms with Gasteiger partial charge in [0.25, 0.3) is 0 Å². The zero-order chi connectivity index (χ0) is 15.4. The molecule has 2 aliphatic rings. The number of likely N-dealkylation sites (tertiary alicyclic amines) is 1. The maximum absolute atomic E-state index is 12.1. The van der Waals surface area contributed by atoms with Crippen LogP contribution in [0.4, 0.5) is 5.69 Å². The first-order valence-electron chi connectivity index (χ1n) is 8.56. The first-order valence-corrected chi connectivity index (χ1v) is 8.56. The van der Waals surface area contributed by atoms with Gasteiger partial charge in [-0.05, 0) is 62.4 Å². The lowest BCUT2D eigenvalue weighted by molar-refractivity contribution is -0.117. The van der Waals surface area contributed by atoms with Crippen LogP contribution < -0.4 is 10.6 Å². The highest BCUT2D eigenvalue weighted by Gasteiger charge is 2.22. The van der Waals surface area contributed by atoms with E-state index in [1.807, 2.05) is 12.1 Å². The van der Waals surface area contributed by atoms with Crippen molar-refractivity contribution in [3.8, 4) is 0 Å². The van der Waals surface area contributed by atoms with Gasteiger partial charge in [-0.1, -0.05) is 19.1 Å². The molecule has 1 aromatic carbocycles. The minimum Gasteiger partial charge on any atom is -0.325 e. The van der Waals surface area contributed by atoms with E-state index in [1.165, 1.54) is 31.5 Å². The molecule has 2 aliphatic heterocycles. The molecule has 2 unspecified atom stereocenters. The summed E-state index contributed by atoms with van der Waals surface area (Å²) in [4.78, 5) is 14.6. The number of amides is 1. The number of rotatable bonds is 4. The van der Waals surface area contributed by atoms with E-state index in [0.717, 1.165) is 37.5 Å². The van der Waals surface area contributed by atoms with Gasteiger partial charge >= 0.3 is 0 Å². The van der Waals surface area contributed by atoms with Crippen LogP contribution in [0.5, 0.6) is 0 Å². The van der Waals surface area contributed by atoms with Gasteiger partial charge in [0.05, 0.1) is 6.04 Å². The highest BCUT2D eigenvalue weighted by molar-refractivity contribution is 5.95. The minimum atomic E-state index is -0.0190. The van der Waals surface area contributed by atoms with Gasteiger partial charge in [-0.25, -0.2) is 0 Å². The number of nitrogens with zero attached hydrogens (tertiary/aromatic N) is 1. The Hall–Kier alpha value is -1.39. The summed E-state index contributed by atoms with van der Waals surface area (Å²) < 4.78 is 0. The second-order valence-corrected chi connectivity index (χ2v) is 6.82. The molecular formula is C18H27N3O. The van der Waals surface area contributed by atoms with Crippen molar-refractivity contribution in [1.82, 2.24) is 10.2 Å². The van der Waals surface area contributed by atoms with E-state index < -0.39 is 0 Å². The predicted molar refractivity (Wildman–Crippen MR) is 89.8 cm³/mol. The summed E-state index contributed by atoms with van der Waals surface area (Å²) in [6, 6.07) is 8.30. The summed E-state index contributed by atoms with van der Waals surface area (Å²) in [5.41, 5.74) is 2.22. The molecule has 0 aromatic heterocycles. The van der Waals surface area contributed by atoms with Crippen LogP contribution in [0.1, 0.15) is 38.2 Å². The number of benzene rings is 1. The molecule has 3 rings (SSSR count). The number of carbonyl (C=O) groups is 1. The second-order valence-electron chi connectivity index (χ2n) is 6.82. The standard InChI is InChI=1S/C18H27N3O/c1-14-4-3-11-21(12-14)13-15-6-8-16(9-7-15)20-18(22)17-5-2-10-19-17/h6-9,14,17,19H,2-5,10-13H2,1H3,(H,20,22). The van der Waals surface area contributed by atoms with E-state index in [1.54, 1.807) is 0 Å². The lowest BCUT2D eigenvalue weighted by Gasteiger charge is -2.30. The zero-order valence-electron chi connectivity index (χ0n) is 13.5. The molecule has 2 N–H and O–H groups in total. The predicted octanol–water partition coefficient (Wildman–Crippen LogP) is 2.61. The normalized spacial score (nSPS) is 26.0. The molecule has 1 aromatic rings. The Kier molecular flexibility index (Phi) is 5.11. The van der Waals surface area contributed by atoms with Gasteiger partial charge in [0.2, 0.25) is 5.91 Å². The monoisotopic (exact) mass is 301 g/mol. The fourth-order valence-electron chi connectivity index (χ4n) is 3.52. The third-order valence-electron chi connectivity index (χ3n) is 4.75. The van der Waals surface area contributed by atoms with Crippen LogP contribution in [-0.2, 0) is 11.3 Å². The number of piperidine rings is 1. The quantitative estimate of drug-likeness (QED) is 0.898. The third-order valence-corrected chi connectivity index (χ3v) is 4.75. The van der Waals surface area contributed by atoms with Crippen LogP contribution in [0, 0.1) is 5.92 Å². The molecule has 4 heteroatoms. The van der Waals surface area contributed by atoms with Crippen LogP contribution in [0.25, 0.3) is 0 Å². The van der Waals surface area contributed by atoms with Crippen LogP contribution >= 0.6 is 0 Å². The van der Waals surface area contributed by atoms with Crippen LogP contribution in [0.3, 0.4) is 0 Å². The molecule has 2 atom stereocenters. The Morgan fingerprint density at radius 3 is 2.77 bits per heavy atom. The first-order chi connectivity index (χ1) is 10.7. The van der Waals surface area contributed by atoms with Gasteiger partial charge in [0.15, 0.2) is 0 Å². The van der Waals surface area contributed by atoms with Crippen molar-refractivity contribution in [2.45, 2.75) is 45.2 Å². The number of carbonyl (C=O) groups excluding carboxylic acids is 1. The zero-order valence-corrected chi connectivity index (χ0v) is 13.5. The lowest BCUT2D eigenvalue weighted by Crippen LogP contribution is -2.35. The van der Waals surface area contributed by atoms with Gasteiger partial charge in [-0.2, -0.15) is 0 Å². The van der Waals surface area contributed by atoms with Crippen molar-refractivity contribution in [1.29, 1.82) is 0 Å². The number of anilines is 1. The smallest absolute Gasteiger partial charge is 0.241 e. The van der Waals surface area contributed by atoms with Gasteiger partial charge < -0.3 is 10.6 Å². The molecular weight excluding hydrogens is 274 g/mol. The van der Waals surface area contributed by atoms with Gasteiger partial charge in [-0.15, -0.1) is 0 Å². The second kappa shape index (κ2) is 7.25. The molecule has 0 saturated carbocycles. The van der Waals surface area contributed by atoms with Gasteiger partial charge in [0, 0.05) is 18.8 Å². The highest BCUT2D eigenvalue weighted by Crippen LogP contribution is 2.19. The summed E-state index contributed by atoms with van der Waals surface area (Å²) >= 11 is 0. The number of hydrogen-bond donors (Lipinski definition) is 2. The van der Waals surface area contributed by atoms with Crippen molar-refractivity contribution < 1.29 is 4.79 Å². The molecule has 2 heterocycles. The minimum absolute atomic E-state index is 0.0190. The maximum atomic E-state index is 12.1. The molecule has 1 amide bonds. The first kappa shape index (κ1) is 15.5. The number of nitrogens with one attached hydrogen (secondary N) is 2. The Morgan fingerprint density at radius 1 is 1.27 bits per heavy atom. The van der Waals surface area contributed by atoms with Gasteiger partial charge in [-0.3, -0.25) is 9.69 Å². The fraction of sp³-hybridized carbons (Fsp3) is 0.611. The molecule has 0 bridgehead atoms. The van der Waals surface area contributed by atoms with Crippen molar-refractivity contribution >= 4 is 11.6 Å². The van der Waals surface area contributed by atoms with E-state index >= 15 is 0 Å². The summed E-state index contributed by atoms with van der Waals surface area (Å²) in [7, 11) is 0. The average molecular weight is 301 g/mol. The van der Waals surface area contributed by atoms with Crippen molar-refractivity contribution in [3.63, 3.8) is 0 Å². The van der Waals surface area contributed by atoms with E-state index in [0.29, 0.717) is 0 Å². The molecule has 22 heavy (non-hydrogen) atoms. The van der Waals surface area contributed by atoms with Crippen LogP contribution in [0.2, 0.25) is 0 Å². The Morgan fingerprint density at radius 2 is 2.09 bits per heavy atom. The van der Waals surface area contributed by atoms with Crippen molar-refractivity contribution in [3.05, 3.63) is 29.8 Å². The van der Waals surface area contributed by atoms with Gasteiger partial charge in [0.1, 0.15) is 0 Å².